The maximum absolute atomic E-state index is 11.0. The third-order valence-corrected chi connectivity index (χ3v) is 3.98. The quantitative estimate of drug-likeness (QED) is 0.693. The van der Waals surface area contributed by atoms with Crippen molar-refractivity contribution in [2.75, 3.05) is 0 Å². The predicted octanol–water partition coefficient (Wildman–Crippen LogP) is 4.24. The number of aliphatic carboxylic acids is 1. The van der Waals surface area contributed by atoms with Crippen molar-refractivity contribution in [2.45, 2.75) is 78.7 Å². The Hall–Kier alpha value is -1.88. The van der Waals surface area contributed by atoms with E-state index in [4.69, 9.17) is 10.8 Å². The first-order chi connectivity index (χ1) is 11.6. The van der Waals surface area contributed by atoms with Gasteiger partial charge in [0.05, 0.1) is 5.56 Å². The summed E-state index contributed by atoms with van der Waals surface area (Å²) in [5.41, 5.74) is 7.28. The minimum absolute atomic E-state index is 0.0362. The topological polar surface area (TPSA) is 101 Å². The van der Waals surface area contributed by atoms with Crippen molar-refractivity contribution in [2.24, 2.45) is 11.7 Å². The summed E-state index contributed by atoms with van der Waals surface area (Å²) in [5, 5.41) is 18.4. The van der Waals surface area contributed by atoms with Gasteiger partial charge in [0.2, 0.25) is 0 Å². The molecule has 0 saturated carbocycles. The molecule has 26 heavy (non-hydrogen) atoms. The third kappa shape index (κ3) is 7.56. The van der Waals surface area contributed by atoms with E-state index in [0.717, 1.165) is 17.4 Å². The zero-order chi connectivity index (χ0) is 20.9. The molecule has 0 saturated heterocycles. The van der Waals surface area contributed by atoms with Gasteiger partial charge in [-0.25, -0.2) is 0 Å². The number of nitrogens with two attached hydrogens (primary N) is 1. The van der Waals surface area contributed by atoms with Gasteiger partial charge >= 0.3 is 5.97 Å². The average Bonchev–Trinajstić information content (AvgIpc) is 2.44. The first-order valence-corrected chi connectivity index (χ1v) is 8.92. The smallest absolute Gasteiger partial charge is 0.320 e. The van der Waals surface area contributed by atoms with Crippen LogP contribution in [0.1, 0.15) is 83.3 Å². The standard InChI is InChI=1S/C15H22O2.C6H13NO2/c1-14(2,3)11-7-10(9-16)13(17)12(8-11)15(4,5)6;1-4(2)3-5(7)6(8)9/h7-9,17H,1-6H3;4-5H,3,7H2,1-2H3,(H,8,9). The maximum Gasteiger partial charge on any atom is 0.320 e. The molecule has 0 aliphatic heterocycles. The van der Waals surface area contributed by atoms with Gasteiger partial charge in [0.15, 0.2) is 6.29 Å². The van der Waals surface area contributed by atoms with Crippen LogP contribution in [0.5, 0.6) is 5.75 Å². The number of aromatic hydroxyl groups is 1. The van der Waals surface area contributed by atoms with Crippen LogP contribution in [0.3, 0.4) is 0 Å². The maximum atomic E-state index is 11.0. The van der Waals surface area contributed by atoms with Crippen LogP contribution in [-0.4, -0.2) is 28.5 Å². The van der Waals surface area contributed by atoms with E-state index in [2.05, 4.69) is 20.8 Å². The fraction of sp³-hybridized carbons (Fsp3) is 0.619. The number of phenols is 1. The number of carboxylic acids is 1. The molecular formula is C21H35NO4. The fourth-order valence-corrected chi connectivity index (χ4v) is 2.36. The van der Waals surface area contributed by atoms with E-state index in [-0.39, 0.29) is 16.6 Å². The summed E-state index contributed by atoms with van der Waals surface area (Å²) >= 11 is 0. The second-order valence-electron chi connectivity index (χ2n) is 9.15. The average molecular weight is 366 g/mol. The Morgan fingerprint density at radius 2 is 1.62 bits per heavy atom. The fourth-order valence-electron chi connectivity index (χ4n) is 2.36. The van der Waals surface area contributed by atoms with E-state index in [0.29, 0.717) is 17.9 Å². The van der Waals surface area contributed by atoms with E-state index in [1.165, 1.54) is 0 Å². The van der Waals surface area contributed by atoms with Gasteiger partial charge in [-0.05, 0) is 34.8 Å². The van der Waals surface area contributed by atoms with E-state index in [1.807, 2.05) is 40.7 Å². The lowest BCUT2D eigenvalue weighted by molar-refractivity contribution is -0.138. The molecule has 5 nitrogen and oxygen atoms in total. The van der Waals surface area contributed by atoms with Crippen molar-refractivity contribution in [3.8, 4) is 5.75 Å². The first kappa shape index (κ1) is 24.1. The molecule has 1 atom stereocenters. The van der Waals surface area contributed by atoms with Crippen molar-refractivity contribution in [3.63, 3.8) is 0 Å². The van der Waals surface area contributed by atoms with Crippen LogP contribution in [-0.2, 0) is 15.6 Å². The first-order valence-electron chi connectivity index (χ1n) is 8.92. The van der Waals surface area contributed by atoms with Crippen molar-refractivity contribution in [3.05, 3.63) is 28.8 Å². The molecule has 0 heterocycles. The van der Waals surface area contributed by atoms with Crippen LogP contribution in [0, 0.1) is 5.92 Å². The third-order valence-electron chi connectivity index (χ3n) is 3.98. The molecule has 4 N–H and O–H groups in total. The van der Waals surface area contributed by atoms with Crippen LogP contribution in [0.4, 0.5) is 0 Å². The van der Waals surface area contributed by atoms with Gasteiger partial charge in [0.25, 0.3) is 0 Å². The second-order valence-corrected chi connectivity index (χ2v) is 9.15. The Morgan fingerprint density at radius 3 is 1.88 bits per heavy atom. The van der Waals surface area contributed by atoms with Crippen LogP contribution in [0.2, 0.25) is 0 Å². The lowest BCUT2D eigenvalue weighted by atomic mass is 9.79. The van der Waals surface area contributed by atoms with Gasteiger partial charge in [-0.15, -0.1) is 0 Å². The number of rotatable bonds is 4. The molecule has 1 unspecified atom stereocenters. The van der Waals surface area contributed by atoms with E-state index in [9.17, 15) is 14.7 Å². The van der Waals surface area contributed by atoms with Gasteiger partial charge in [-0.3, -0.25) is 9.59 Å². The molecule has 0 spiro atoms. The summed E-state index contributed by atoms with van der Waals surface area (Å²) < 4.78 is 0. The molecule has 0 bridgehead atoms. The number of carbonyl (C=O) groups is 2. The van der Waals surface area contributed by atoms with Crippen LogP contribution in [0.15, 0.2) is 12.1 Å². The van der Waals surface area contributed by atoms with Crippen molar-refractivity contribution >= 4 is 12.3 Å². The highest BCUT2D eigenvalue weighted by atomic mass is 16.4. The molecule has 1 aromatic rings. The van der Waals surface area contributed by atoms with Crippen LogP contribution < -0.4 is 5.73 Å². The highest BCUT2D eigenvalue weighted by molar-refractivity contribution is 5.81. The van der Waals surface area contributed by atoms with E-state index < -0.39 is 12.0 Å². The Morgan fingerprint density at radius 1 is 1.12 bits per heavy atom. The highest BCUT2D eigenvalue weighted by Gasteiger charge is 2.24. The van der Waals surface area contributed by atoms with Gasteiger partial charge in [-0.1, -0.05) is 61.5 Å². The van der Waals surface area contributed by atoms with Crippen molar-refractivity contribution in [1.29, 1.82) is 0 Å². The Labute approximate surface area is 157 Å². The van der Waals surface area contributed by atoms with Crippen molar-refractivity contribution < 1.29 is 19.8 Å². The van der Waals surface area contributed by atoms with Gasteiger partial charge in [0, 0.05) is 5.56 Å². The monoisotopic (exact) mass is 365 g/mol. The Balaban J connectivity index is 0.000000590. The molecule has 1 aromatic carbocycles. The van der Waals surface area contributed by atoms with Crippen molar-refractivity contribution in [1.82, 2.24) is 0 Å². The highest BCUT2D eigenvalue weighted by Crippen LogP contribution is 2.36. The number of carboxylic acid groups (broad SMARTS) is 1. The molecule has 0 amide bonds. The summed E-state index contributed by atoms with van der Waals surface area (Å²) in [6, 6.07) is 3.09. The van der Waals surface area contributed by atoms with Crippen LogP contribution in [0.25, 0.3) is 0 Å². The zero-order valence-electron chi connectivity index (χ0n) is 17.4. The normalized spacial score (nSPS) is 13.0. The summed E-state index contributed by atoms with van der Waals surface area (Å²) in [7, 11) is 0. The largest absolute Gasteiger partial charge is 0.507 e. The number of phenolic OH excluding ortho intramolecular Hbond substituents is 1. The summed E-state index contributed by atoms with van der Waals surface area (Å²) in [6.07, 6.45) is 1.27. The number of benzene rings is 1. The number of hydrogen-bond acceptors (Lipinski definition) is 4. The van der Waals surface area contributed by atoms with Gasteiger partial charge in [-0.2, -0.15) is 0 Å². The molecule has 1 rings (SSSR count). The second kappa shape index (κ2) is 9.17. The Bertz CT molecular complexity index is 622. The van der Waals surface area contributed by atoms with E-state index >= 15 is 0 Å². The summed E-state index contributed by atoms with van der Waals surface area (Å²) in [5.74, 6) is -0.444. The molecule has 148 valence electrons. The van der Waals surface area contributed by atoms with E-state index in [1.54, 1.807) is 6.07 Å². The van der Waals surface area contributed by atoms with Gasteiger partial charge < -0.3 is 15.9 Å². The Kier molecular flexibility index (Phi) is 8.51. The molecule has 5 heteroatoms. The SMILES string of the molecule is CC(C)(C)c1cc(C=O)c(O)c(C(C)(C)C)c1.CC(C)CC(N)C(=O)O. The van der Waals surface area contributed by atoms with Gasteiger partial charge in [0.1, 0.15) is 11.8 Å². The molecule has 0 aromatic heterocycles. The molecule has 0 aliphatic carbocycles. The summed E-state index contributed by atoms with van der Waals surface area (Å²) in [4.78, 5) is 21.1. The number of aldehydes is 1. The molecule has 0 radical (unpaired) electrons. The minimum Gasteiger partial charge on any atom is -0.507 e. The lowest BCUT2D eigenvalue weighted by Crippen LogP contribution is -2.31. The number of carbonyl (C=O) groups excluding carboxylic acids is 1. The number of hydrogen-bond donors (Lipinski definition) is 3. The summed E-state index contributed by atoms with van der Waals surface area (Å²) in [6.45, 7) is 16.3. The molecule has 0 aliphatic rings. The molecule has 0 fully saturated rings. The zero-order valence-corrected chi connectivity index (χ0v) is 17.4. The predicted molar refractivity (Wildman–Crippen MR) is 106 cm³/mol. The van der Waals surface area contributed by atoms with Crippen LogP contribution >= 0.6 is 0 Å². The minimum atomic E-state index is -0.913. The molecular weight excluding hydrogens is 330 g/mol. The lowest BCUT2D eigenvalue weighted by Gasteiger charge is -2.26.